The number of amides is 1. The Hall–Kier alpha value is -4.32. The molecule has 0 bridgehead atoms. The maximum absolute atomic E-state index is 13.1. The van der Waals surface area contributed by atoms with E-state index in [1.807, 2.05) is 84.9 Å². The van der Waals surface area contributed by atoms with Gasteiger partial charge in [-0.3, -0.25) is 4.79 Å². The zero-order valence-corrected chi connectivity index (χ0v) is 17.2. The van der Waals surface area contributed by atoms with Gasteiger partial charge in [-0.2, -0.15) is 0 Å². The van der Waals surface area contributed by atoms with E-state index >= 15 is 0 Å². The number of rotatable bonds is 5. The van der Waals surface area contributed by atoms with Gasteiger partial charge in [0, 0.05) is 22.4 Å². The molecule has 0 saturated heterocycles. The summed E-state index contributed by atoms with van der Waals surface area (Å²) in [5.41, 5.74) is 5.56. The van der Waals surface area contributed by atoms with Gasteiger partial charge in [-0.05, 0) is 54.6 Å². The van der Waals surface area contributed by atoms with Crippen LogP contribution in [-0.2, 0) is 6.54 Å². The Morgan fingerprint density at radius 2 is 1.75 bits per heavy atom. The number of carbonyl (C=O) groups is 1. The van der Waals surface area contributed by atoms with Crippen molar-refractivity contribution in [3.8, 4) is 11.4 Å². The van der Waals surface area contributed by atoms with E-state index in [2.05, 4.69) is 15.3 Å². The summed E-state index contributed by atoms with van der Waals surface area (Å²) in [7, 11) is 0. The van der Waals surface area contributed by atoms with Crippen molar-refractivity contribution in [2.75, 3.05) is 5.32 Å². The molecule has 1 atom stereocenters. The number of furan rings is 1. The van der Waals surface area contributed by atoms with Crippen molar-refractivity contribution in [2.45, 2.75) is 12.7 Å². The first-order valence-electron chi connectivity index (χ1n) is 10.5. The highest BCUT2D eigenvalue weighted by atomic mass is 16.3. The number of para-hydroxylation sites is 2. The van der Waals surface area contributed by atoms with Gasteiger partial charge in [0.15, 0.2) is 0 Å². The highest BCUT2D eigenvalue weighted by Gasteiger charge is 2.36. The number of imidazole rings is 1. The molecule has 2 N–H and O–H groups in total. The number of hydrogen-bond donors (Lipinski definition) is 2. The van der Waals surface area contributed by atoms with Crippen molar-refractivity contribution < 1.29 is 9.21 Å². The number of aromatic amines is 1. The van der Waals surface area contributed by atoms with Gasteiger partial charge in [-0.15, -0.1) is 0 Å². The van der Waals surface area contributed by atoms with Crippen LogP contribution in [0.2, 0.25) is 0 Å². The number of anilines is 1. The molecule has 0 unspecified atom stereocenters. The molecule has 156 valence electrons. The average molecular weight is 420 g/mol. The molecule has 6 nitrogen and oxygen atoms in total. The summed E-state index contributed by atoms with van der Waals surface area (Å²) < 4.78 is 5.50. The van der Waals surface area contributed by atoms with Gasteiger partial charge in [0.25, 0.3) is 5.91 Å². The zero-order valence-electron chi connectivity index (χ0n) is 17.2. The average Bonchev–Trinajstić information content (AvgIpc) is 3.55. The van der Waals surface area contributed by atoms with E-state index in [0.29, 0.717) is 6.54 Å². The molecule has 0 aliphatic carbocycles. The topological polar surface area (TPSA) is 74.2 Å². The SMILES string of the molecule is O=C1c2ccccc2[C@@H](Nc2ccc(-c3nc4ccccc4[nH]3)cc2)N1Cc1ccco1. The van der Waals surface area contributed by atoms with Crippen LogP contribution in [0.15, 0.2) is 95.6 Å². The fourth-order valence-corrected chi connectivity index (χ4v) is 4.23. The standard InChI is InChI=1S/C26H20N4O2/c31-26-21-8-2-1-7-20(21)25(30(26)16-19-6-5-15-32-19)27-18-13-11-17(12-14-18)24-28-22-9-3-4-10-23(22)29-24/h1-15,25,27H,16H2,(H,28,29)/t25-/m0/s1. The number of carbonyl (C=O) groups excluding carboxylic acids is 1. The summed E-state index contributed by atoms with van der Waals surface area (Å²) in [4.78, 5) is 22.9. The van der Waals surface area contributed by atoms with Gasteiger partial charge in [-0.1, -0.05) is 30.3 Å². The lowest BCUT2D eigenvalue weighted by Gasteiger charge is -2.26. The summed E-state index contributed by atoms with van der Waals surface area (Å²) in [5, 5.41) is 3.53. The van der Waals surface area contributed by atoms with Crippen LogP contribution in [0.1, 0.15) is 27.8 Å². The minimum Gasteiger partial charge on any atom is -0.467 e. The van der Waals surface area contributed by atoms with Crippen molar-refractivity contribution in [2.24, 2.45) is 0 Å². The van der Waals surface area contributed by atoms with Crippen LogP contribution in [0.5, 0.6) is 0 Å². The molecule has 1 amide bonds. The van der Waals surface area contributed by atoms with Gasteiger partial charge in [0.2, 0.25) is 0 Å². The molecule has 1 aliphatic rings. The first-order valence-corrected chi connectivity index (χ1v) is 10.5. The van der Waals surface area contributed by atoms with Gasteiger partial charge >= 0.3 is 0 Å². The predicted molar refractivity (Wildman–Crippen MR) is 123 cm³/mol. The Kier molecular flexibility index (Phi) is 4.28. The number of fused-ring (bicyclic) bond motifs is 2. The first-order chi connectivity index (χ1) is 15.8. The molecule has 6 rings (SSSR count). The Morgan fingerprint density at radius 1 is 0.938 bits per heavy atom. The molecular formula is C26H20N4O2. The first kappa shape index (κ1) is 18.4. The highest BCUT2D eigenvalue weighted by Crippen LogP contribution is 2.36. The van der Waals surface area contributed by atoms with Gasteiger partial charge in [0.05, 0.1) is 23.8 Å². The van der Waals surface area contributed by atoms with Crippen molar-refractivity contribution in [1.82, 2.24) is 14.9 Å². The molecule has 0 saturated carbocycles. The lowest BCUT2D eigenvalue weighted by Crippen LogP contribution is -2.31. The summed E-state index contributed by atoms with van der Waals surface area (Å²) in [6.45, 7) is 0.398. The van der Waals surface area contributed by atoms with Gasteiger partial charge in [0.1, 0.15) is 17.8 Å². The smallest absolute Gasteiger partial charge is 0.256 e. The third-order valence-electron chi connectivity index (χ3n) is 5.82. The molecule has 2 aromatic heterocycles. The summed E-state index contributed by atoms with van der Waals surface area (Å²) in [6, 6.07) is 27.5. The van der Waals surface area contributed by atoms with Gasteiger partial charge < -0.3 is 19.6 Å². The fourth-order valence-electron chi connectivity index (χ4n) is 4.23. The van der Waals surface area contributed by atoms with E-state index < -0.39 is 0 Å². The second-order valence-corrected chi connectivity index (χ2v) is 7.83. The monoisotopic (exact) mass is 420 g/mol. The molecule has 3 aromatic carbocycles. The number of aromatic nitrogens is 2. The van der Waals surface area contributed by atoms with E-state index in [-0.39, 0.29) is 12.1 Å². The minimum atomic E-state index is -0.277. The van der Waals surface area contributed by atoms with Gasteiger partial charge in [-0.25, -0.2) is 4.98 Å². The van der Waals surface area contributed by atoms with Crippen molar-refractivity contribution >= 4 is 22.6 Å². The molecule has 0 spiro atoms. The van der Waals surface area contributed by atoms with Crippen LogP contribution < -0.4 is 5.32 Å². The van der Waals surface area contributed by atoms with Crippen LogP contribution in [0.4, 0.5) is 5.69 Å². The molecular weight excluding hydrogens is 400 g/mol. The van der Waals surface area contributed by atoms with E-state index in [1.165, 1.54) is 0 Å². The highest BCUT2D eigenvalue weighted by molar-refractivity contribution is 5.99. The normalized spacial score (nSPS) is 15.3. The minimum absolute atomic E-state index is 0.00612. The van der Waals surface area contributed by atoms with E-state index in [0.717, 1.165) is 45.0 Å². The molecule has 32 heavy (non-hydrogen) atoms. The molecule has 0 radical (unpaired) electrons. The van der Waals surface area contributed by atoms with Crippen molar-refractivity contribution in [3.05, 3.63) is 108 Å². The Labute approximate surface area is 184 Å². The molecule has 5 aromatic rings. The summed E-state index contributed by atoms with van der Waals surface area (Å²) in [5.74, 6) is 1.57. The summed E-state index contributed by atoms with van der Waals surface area (Å²) in [6.07, 6.45) is 1.35. The molecule has 0 fully saturated rings. The quantitative estimate of drug-likeness (QED) is 0.389. The van der Waals surface area contributed by atoms with E-state index in [4.69, 9.17) is 4.42 Å². The molecule has 1 aliphatic heterocycles. The van der Waals surface area contributed by atoms with Crippen molar-refractivity contribution in [3.63, 3.8) is 0 Å². The number of H-pyrrole nitrogens is 1. The second-order valence-electron chi connectivity index (χ2n) is 7.83. The number of nitrogens with zero attached hydrogens (tertiary/aromatic N) is 2. The zero-order chi connectivity index (χ0) is 21.5. The van der Waals surface area contributed by atoms with Crippen LogP contribution in [0.3, 0.4) is 0 Å². The molecule has 6 heteroatoms. The van der Waals surface area contributed by atoms with Crippen LogP contribution in [0, 0.1) is 0 Å². The molecule has 3 heterocycles. The Bertz CT molecular complexity index is 1370. The third-order valence-corrected chi connectivity index (χ3v) is 5.82. The lowest BCUT2D eigenvalue weighted by molar-refractivity contribution is 0.0715. The predicted octanol–water partition coefficient (Wildman–Crippen LogP) is 5.59. The number of nitrogens with one attached hydrogen (secondary N) is 2. The van der Waals surface area contributed by atoms with Crippen LogP contribution >= 0.6 is 0 Å². The van der Waals surface area contributed by atoms with Crippen molar-refractivity contribution in [1.29, 1.82) is 0 Å². The number of benzene rings is 3. The maximum Gasteiger partial charge on any atom is 0.256 e. The lowest BCUT2D eigenvalue weighted by atomic mass is 10.1. The van der Waals surface area contributed by atoms with E-state index in [9.17, 15) is 4.79 Å². The van der Waals surface area contributed by atoms with Crippen LogP contribution in [-0.4, -0.2) is 20.8 Å². The second kappa shape index (κ2) is 7.42. The third kappa shape index (κ3) is 3.13. The largest absolute Gasteiger partial charge is 0.467 e. The summed E-state index contributed by atoms with van der Waals surface area (Å²) >= 11 is 0. The van der Waals surface area contributed by atoms with Crippen LogP contribution in [0.25, 0.3) is 22.4 Å². The number of hydrogen-bond acceptors (Lipinski definition) is 4. The Morgan fingerprint density at radius 3 is 2.56 bits per heavy atom. The Balaban J connectivity index is 1.29. The maximum atomic E-state index is 13.1. The van der Waals surface area contributed by atoms with E-state index in [1.54, 1.807) is 11.2 Å². The fraction of sp³-hybridized carbons (Fsp3) is 0.0769.